The van der Waals surface area contributed by atoms with Crippen LogP contribution < -0.4 is 0 Å². The van der Waals surface area contributed by atoms with E-state index >= 15 is 0 Å². The van der Waals surface area contributed by atoms with Crippen LogP contribution >= 0.6 is 0 Å². The molecule has 9 atom stereocenters. The molecular formula is C27H42O5. The fourth-order valence-electron chi connectivity index (χ4n) is 8.44. The Bertz CT molecular complexity index is 774. The van der Waals surface area contributed by atoms with E-state index in [4.69, 9.17) is 9.47 Å². The van der Waals surface area contributed by atoms with E-state index in [1.165, 1.54) is 38.9 Å². The maximum Gasteiger partial charge on any atom is 0.305 e. The molecule has 0 aromatic carbocycles. The second-order valence-corrected chi connectivity index (χ2v) is 11.6. The summed E-state index contributed by atoms with van der Waals surface area (Å²) < 4.78 is 10.4. The first-order valence-electron chi connectivity index (χ1n) is 12.8. The molecule has 0 bridgehead atoms. The average Bonchev–Trinajstić information content (AvgIpc) is 3.11. The van der Waals surface area contributed by atoms with E-state index in [2.05, 4.69) is 26.8 Å². The van der Waals surface area contributed by atoms with Gasteiger partial charge in [0.05, 0.1) is 13.2 Å². The Morgan fingerprint density at radius 1 is 1.19 bits per heavy atom. The van der Waals surface area contributed by atoms with Crippen molar-refractivity contribution in [2.24, 2.45) is 40.4 Å². The maximum atomic E-state index is 11.7. The Morgan fingerprint density at radius 3 is 2.62 bits per heavy atom. The molecule has 0 heterocycles. The average molecular weight is 447 g/mol. The van der Waals surface area contributed by atoms with Gasteiger partial charge in [-0.1, -0.05) is 32.4 Å². The summed E-state index contributed by atoms with van der Waals surface area (Å²) in [6, 6.07) is 0. The van der Waals surface area contributed by atoms with Crippen LogP contribution in [0.1, 0.15) is 85.5 Å². The molecule has 1 N–H and O–H groups in total. The van der Waals surface area contributed by atoms with Crippen molar-refractivity contribution >= 4 is 11.9 Å². The molecule has 0 aliphatic heterocycles. The summed E-state index contributed by atoms with van der Waals surface area (Å²) in [5.74, 6) is 2.08. The van der Waals surface area contributed by atoms with Gasteiger partial charge < -0.3 is 14.6 Å². The van der Waals surface area contributed by atoms with Crippen LogP contribution in [0, 0.1) is 40.4 Å². The van der Waals surface area contributed by atoms with E-state index in [0.29, 0.717) is 36.0 Å². The molecule has 32 heavy (non-hydrogen) atoms. The van der Waals surface area contributed by atoms with Gasteiger partial charge in [-0.25, -0.2) is 0 Å². The molecule has 3 saturated carbocycles. The van der Waals surface area contributed by atoms with Crippen LogP contribution in [0.25, 0.3) is 0 Å². The zero-order valence-electron chi connectivity index (χ0n) is 20.6. The topological polar surface area (TPSA) is 72.8 Å². The Morgan fingerprint density at radius 2 is 1.94 bits per heavy atom. The summed E-state index contributed by atoms with van der Waals surface area (Å²) in [5, 5.41) is 11.6. The summed E-state index contributed by atoms with van der Waals surface area (Å²) >= 11 is 0. The van der Waals surface area contributed by atoms with E-state index in [9.17, 15) is 14.7 Å². The van der Waals surface area contributed by atoms with Gasteiger partial charge in [0.25, 0.3) is 0 Å². The predicted octanol–water partition coefficient (Wildman–Crippen LogP) is 5.06. The van der Waals surface area contributed by atoms with Crippen molar-refractivity contribution in [2.45, 2.75) is 97.7 Å². The third-order valence-corrected chi connectivity index (χ3v) is 10.2. The van der Waals surface area contributed by atoms with E-state index < -0.39 is 6.10 Å². The Kier molecular flexibility index (Phi) is 6.52. The number of hydrogen-bond acceptors (Lipinski definition) is 5. The number of methoxy groups -OCH3 is 1. The predicted molar refractivity (Wildman–Crippen MR) is 123 cm³/mol. The second-order valence-electron chi connectivity index (χ2n) is 11.6. The van der Waals surface area contributed by atoms with Crippen LogP contribution in [0.15, 0.2) is 11.6 Å². The van der Waals surface area contributed by atoms with Crippen LogP contribution in [0.4, 0.5) is 0 Å². The molecule has 0 amide bonds. The number of aliphatic hydroxyl groups excluding tert-OH is 1. The highest BCUT2D eigenvalue weighted by Crippen LogP contribution is 2.66. The van der Waals surface area contributed by atoms with Crippen molar-refractivity contribution in [3.63, 3.8) is 0 Å². The van der Waals surface area contributed by atoms with E-state index in [1.54, 1.807) is 0 Å². The van der Waals surface area contributed by atoms with E-state index in [-0.39, 0.29) is 28.9 Å². The van der Waals surface area contributed by atoms with Crippen LogP contribution in [0.3, 0.4) is 0 Å². The van der Waals surface area contributed by atoms with Crippen LogP contribution in [0.5, 0.6) is 0 Å². The minimum Gasteiger partial charge on any atom is -0.469 e. The lowest BCUT2D eigenvalue weighted by atomic mass is 9.47. The molecule has 0 spiro atoms. The Hall–Kier alpha value is -1.36. The van der Waals surface area contributed by atoms with Crippen molar-refractivity contribution in [3.05, 3.63) is 11.6 Å². The summed E-state index contributed by atoms with van der Waals surface area (Å²) in [7, 11) is 1.45. The SMILES string of the molecule is COC(=O)CC[C@@H](C)[C@H]1CC[C@H]2[C@@H]3CC[C@@H]4C[C@H](OC(C)=O)CC[C@]4(C)C3=C[C@@H](O)[C@]12C. The minimum atomic E-state index is -0.436. The van der Waals surface area contributed by atoms with Crippen molar-refractivity contribution < 1.29 is 24.2 Å². The first-order chi connectivity index (χ1) is 15.1. The van der Waals surface area contributed by atoms with Gasteiger partial charge in [-0.3, -0.25) is 9.59 Å². The molecule has 4 aliphatic rings. The molecule has 180 valence electrons. The molecule has 0 aromatic heterocycles. The minimum absolute atomic E-state index is 0.0491. The van der Waals surface area contributed by atoms with Gasteiger partial charge in [-0.2, -0.15) is 0 Å². The highest BCUT2D eigenvalue weighted by Gasteiger charge is 2.60. The van der Waals surface area contributed by atoms with Gasteiger partial charge in [-0.05, 0) is 86.4 Å². The van der Waals surface area contributed by atoms with Gasteiger partial charge in [0, 0.05) is 18.8 Å². The third-order valence-electron chi connectivity index (χ3n) is 10.2. The lowest BCUT2D eigenvalue weighted by Crippen LogP contribution is -2.53. The van der Waals surface area contributed by atoms with E-state index in [0.717, 1.165) is 32.1 Å². The smallest absolute Gasteiger partial charge is 0.305 e. The third kappa shape index (κ3) is 3.82. The fourth-order valence-corrected chi connectivity index (χ4v) is 8.44. The number of fused-ring (bicyclic) bond motifs is 5. The molecule has 0 aromatic rings. The number of esters is 2. The molecule has 5 heteroatoms. The van der Waals surface area contributed by atoms with Crippen molar-refractivity contribution in [1.82, 2.24) is 0 Å². The largest absolute Gasteiger partial charge is 0.469 e. The highest BCUT2D eigenvalue weighted by molar-refractivity contribution is 5.69. The lowest BCUT2D eigenvalue weighted by Gasteiger charge is -2.58. The molecule has 4 aliphatic carbocycles. The van der Waals surface area contributed by atoms with Crippen LogP contribution in [0.2, 0.25) is 0 Å². The number of allylic oxidation sites excluding steroid dienone is 1. The van der Waals surface area contributed by atoms with E-state index in [1.807, 2.05) is 0 Å². The summed E-state index contributed by atoms with van der Waals surface area (Å²) in [4.78, 5) is 23.2. The van der Waals surface area contributed by atoms with Gasteiger partial charge in [-0.15, -0.1) is 0 Å². The summed E-state index contributed by atoms with van der Waals surface area (Å²) in [6.07, 6.45) is 10.7. The number of carbonyl (C=O) groups excluding carboxylic acids is 2. The van der Waals surface area contributed by atoms with Gasteiger partial charge in [0.15, 0.2) is 0 Å². The number of hydrogen-bond donors (Lipinski definition) is 1. The van der Waals surface area contributed by atoms with Gasteiger partial charge in [0.1, 0.15) is 6.10 Å². The zero-order valence-corrected chi connectivity index (χ0v) is 20.6. The lowest BCUT2D eigenvalue weighted by molar-refractivity contribution is -0.151. The Balaban J connectivity index is 1.55. The molecule has 0 unspecified atom stereocenters. The van der Waals surface area contributed by atoms with Gasteiger partial charge in [0.2, 0.25) is 0 Å². The molecule has 4 rings (SSSR count). The molecule has 5 nitrogen and oxygen atoms in total. The van der Waals surface area contributed by atoms with Crippen molar-refractivity contribution in [2.75, 3.05) is 7.11 Å². The number of aliphatic hydroxyl groups is 1. The first kappa shape index (κ1) is 23.8. The maximum absolute atomic E-state index is 11.7. The summed E-state index contributed by atoms with van der Waals surface area (Å²) in [6.45, 7) is 8.48. The quantitative estimate of drug-likeness (QED) is 0.472. The second kappa shape index (κ2) is 8.77. The molecule has 0 radical (unpaired) electrons. The van der Waals surface area contributed by atoms with Crippen LogP contribution in [-0.2, 0) is 19.1 Å². The monoisotopic (exact) mass is 446 g/mol. The zero-order chi connectivity index (χ0) is 23.3. The molecule has 0 saturated heterocycles. The molecule has 3 fully saturated rings. The fraction of sp³-hybridized carbons (Fsp3) is 0.852. The van der Waals surface area contributed by atoms with Gasteiger partial charge >= 0.3 is 11.9 Å². The number of carbonyl (C=O) groups is 2. The van der Waals surface area contributed by atoms with Crippen molar-refractivity contribution in [1.29, 1.82) is 0 Å². The first-order valence-corrected chi connectivity index (χ1v) is 12.8. The number of rotatable bonds is 5. The normalized spacial score (nSPS) is 43.9. The standard InChI is InChI=1S/C27H42O5/c1-16(6-11-25(30)31-5)21-9-10-22-20-8-7-18-14-19(32-17(2)28)12-13-26(18,3)23(20)15-24(29)27(21,22)4/h15-16,18-22,24,29H,6-14H2,1-5H3/t16-,18-,19-,20+,21-,22+,24-,26+,27-/m1/s1. The number of ether oxygens (including phenoxy) is 2. The summed E-state index contributed by atoms with van der Waals surface area (Å²) in [5.41, 5.74) is 1.48. The molecular weight excluding hydrogens is 404 g/mol. The van der Waals surface area contributed by atoms with Crippen LogP contribution in [-0.4, -0.2) is 36.4 Å². The highest BCUT2D eigenvalue weighted by atomic mass is 16.5. The van der Waals surface area contributed by atoms with Crippen molar-refractivity contribution in [3.8, 4) is 0 Å². The Labute approximate surface area is 193 Å².